The van der Waals surface area contributed by atoms with Crippen LogP contribution in [0.15, 0.2) is 48.5 Å². The Morgan fingerprint density at radius 1 is 1.14 bits per heavy atom. The lowest BCUT2D eigenvalue weighted by atomic mass is 10.1. The highest BCUT2D eigenvalue weighted by molar-refractivity contribution is 6.32. The Balaban J connectivity index is 2.00. The van der Waals surface area contributed by atoms with Crippen LogP contribution >= 0.6 is 11.6 Å². The van der Waals surface area contributed by atoms with Gasteiger partial charge in [0.25, 0.3) is 5.91 Å². The van der Waals surface area contributed by atoms with Gasteiger partial charge in [-0.3, -0.25) is 4.79 Å². The molecule has 0 bridgehead atoms. The number of amides is 1. The molecule has 1 heterocycles. The largest absolute Gasteiger partial charge is 0.418 e. The summed E-state index contributed by atoms with van der Waals surface area (Å²) in [6.07, 6.45) is -4.53. The van der Waals surface area contributed by atoms with Crippen LogP contribution in [0.25, 0.3) is 5.69 Å². The second kappa shape index (κ2) is 7.64. The van der Waals surface area contributed by atoms with Gasteiger partial charge >= 0.3 is 6.18 Å². The highest BCUT2D eigenvalue weighted by Crippen LogP contribution is 2.35. The number of alkyl halides is 3. The summed E-state index contributed by atoms with van der Waals surface area (Å²) in [5, 5.41) is 11.8. The Hall–Kier alpha value is -3.24. The first-order valence-electron chi connectivity index (χ1n) is 8.50. The molecule has 1 N–H and O–H groups in total. The molecule has 0 fully saturated rings. The van der Waals surface area contributed by atoms with E-state index >= 15 is 0 Å². The summed E-state index contributed by atoms with van der Waals surface area (Å²) in [5.41, 5.74) is 0.910. The highest BCUT2D eigenvalue weighted by Gasteiger charge is 2.34. The summed E-state index contributed by atoms with van der Waals surface area (Å²) >= 11 is 5.98. The maximum atomic E-state index is 13.4. The quantitative estimate of drug-likeness (QED) is 0.577. The number of para-hydroxylation sites is 1. The first kappa shape index (κ1) is 20.5. The lowest BCUT2D eigenvalue weighted by molar-refractivity contribution is -0.137. The molecule has 3 aromatic rings. The minimum atomic E-state index is -4.53. The van der Waals surface area contributed by atoms with Crippen molar-refractivity contribution in [2.45, 2.75) is 20.0 Å². The van der Waals surface area contributed by atoms with Crippen LogP contribution in [0.5, 0.6) is 0 Å². The van der Waals surface area contributed by atoms with Crippen LogP contribution in [0, 0.1) is 25.2 Å². The Bertz CT molecular complexity index is 1140. The van der Waals surface area contributed by atoms with Crippen LogP contribution in [0.2, 0.25) is 5.02 Å². The lowest BCUT2D eigenvalue weighted by Gasteiger charge is -2.16. The van der Waals surface area contributed by atoms with E-state index in [9.17, 15) is 18.0 Å². The minimum Gasteiger partial charge on any atom is -0.322 e. The van der Waals surface area contributed by atoms with Crippen molar-refractivity contribution < 1.29 is 18.0 Å². The SMILES string of the molecule is Cc1cc(C(=O)Nc2ccc(C#N)c(Cl)c2)c(C)n1-c1ccccc1C(F)(F)F. The third kappa shape index (κ3) is 3.98. The van der Waals surface area contributed by atoms with Crippen LogP contribution < -0.4 is 5.32 Å². The van der Waals surface area contributed by atoms with Crippen molar-refractivity contribution in [3.8, 4) is 11.8 Å². The number of hydrogen-bond acceptors (Lipinski definition) is 2. The van der Waals surface area contributed by atoms with Gasteiger partial charge in [-0.25, -0.2) is 0 Å². The van der Waals surface area contributed by atoms with Gasteiger partial charge in [0.2, 0.25) is 0 Å². The van der Waals surface area contributed by atoms with Gasteiger partial charge in [-0.1, -0.05) is 23.7 Å². The van der Waals surface area contributed by atoms with Crippen molar-refractivity contribution in [1.82, 2.24) is 4.57 Å². The molecule has 0 atom stereocenters. The van der Waals surface area contributed by atoms with E-state index in [1.165, 1.54) is 47.0 Å². The number of halogens is 4. The molecule has 3 rings (SSSR count). The number of aromatic nitrogens is 1. The summed E-state index contributed by atoms with van der Waals surface area (Å²) < 4.78 is 41.7. The van der Waals surface area contributed by atoms with Crippen molar-refractivity contribution in [2.24, 2.45) is 0 Å². The fourth-order valence-corrected chi connectivity index (χ4v) is 3.38. The maximum Gasteiger partial charge on any atom is 0.418 e. The fraction of sp³-hybridized carbons (Fsp3) is 0.143. The maximum absolute atomic E-state index is 13.4. The van der Waals surface area contributed by atoms with E-state index in [4.69, 9.17) is 16.9 Å². The summed E-state index contributed by atoms with van der Waals surface area (Å²) in [4.78, 5) is 12.7. The number of carbonyl (C=O) groups excluding carboxylic acids is 1. The average Bonchev–Trinajstić information content (AvgIpc) is 2.95. The standard InChI is InChI=1S/C21H15ClF3N3O/c1-12-9-16(20(29)27-15-8-7-14(11-26)18(22)10-15)13(2)28(12)19-6-4-3-5-17(19)21(23,24)25/h3-10H,1-2H3,(H,27,29). The first-order valence-corrected chi connectivity index (χ1v) is 8.88. The number of anilines is 1. The molecule has 148 valence electrons. The van der Waals surface area contributed by atoms with Gasteiger partial charge in [0, 0.05) is 17.1 Å². The molecule has 29 heavy (non-hydrogen) atoms. The van der Waals surface area contributed by atoms with Crippen molar-refractivity contribution in [3.05, 3.63) is 81.6 Å². The molecule has 0 aliphatic rings. The van der Waals surface area contributed by atoms with Gasteiger partial charge in [0.05, 0.1) is 27.4 Å². The Labute approximate surface area is 170 Å². The molecular weight excluding hydrogens is 403 g/mol. The number of hydrogen-bond donors (Lipinski definition) is 1. The summed E-state index contributed by atoms with van der Waals surface area (Å²) in [7, 11) is 0. The van der Waals surface area contributed by atoms with Gasteiger partial charge in [-0.15, -0.1) is 0 Å². The molecule has 0 saturated carbocycles. The normalized spacial score (nSPS) is 11.2. The van der Waals surface area contributed by atoms with Crippen molar-refractivity contribution >= 4 is 23.2 Å². The molecule has 0 unspecified atom stereocenters. The van der Waals surface area contributed by atoms with Crippen LogP contribution in [0.4, 0.5) is 18.9 Å². The first-order chi connectivity index (χ1) is 13.6. The molecule has 0 aliphatic heterocycles. The smallest absolute Gasteiger partial charge is 0.322 e. The third-order valence-corrected chi connectivity index (χ3v) is 4.79. The molecule has 1 aromatic heterocycles. The number of carbonyl (C=O) groups is 1. The second-order valence-electron chi connectivity index (χ2n) is 6.40. The van der Waals surface area contributed by atoms with Crippen LogP contribution in [0.3, 0.4) is 0 Å². The Morgan fingerprint density at radius 3 is 2.45 bits per heavy atom. The fourth-order valence-electron chi connectivity index (χ4n) is 3.15. The predicted molar refractivity (Wildman–Crippen MR) is 104 cm³/mol. The van der Waals surface area contributed by atoms with Gasteiger partial charge in [-0.05, 0) is 50.2 Å². The molecule has 1 amide bonds. The molecule has 0 spiro atoms. The van der Waals surface area contributed by atoms with Crippen LogP contribution in [0.1, 0.15) is 32.9 Å². The number of rotatable bonds is 3. The molecule has 0 aliphatic carbocycles. The van der Waals surface area contributed by atoms with Crippen molar-refractivity contribution in [3.63, 3.8) is 0 Å². The number of benzene rings is 2. The summed E-state index contributed by atoms with van der Waals surface area (Å²) in [6.45, 7) is 3.22. The average molecular weight is 418 g/mol. The van der Waals surface area contributed by atoms with Gasteiger partial charge in [-0.2, -0.15) is 18.4 Å². The van der Waals surface area contributed by atoms with Crippen LogP contribution in [-0.4, -0.2) is 10.5 Å². The zero-order chi connectivity index (χ0) is 21.3. The van der Waals surface area contributed by atoms with E-state index in [2.05, 4.69) is 5.32 Å². The van der Waals surface area contributed by atoms with Gasteiger partial charge in [0.1, 0.15) is 6.07 Å². The van der Waals surface area contributed by atoms with E-state index in [0.29, 0.717) is 17.1 Å². The Morgan fingerprint density at radius 2 is 1.83 bits per heavy atom. The summed E-state index contributed by atoms with van der Waals surface area (Å²) in [6, 6.07) is 13.1. The highest BCUT2D eigenvalue weighted by atomic mass is 35.5. The van der Waals surface area contributed by atoms with E-state index in [1.807, 2.05) is 6.07 Å². The minimum absolute atomic E-state index is 0.0459. The van der Waals surface area contributed by atoms with Crippen molar-refractivity contribution in [1.29, 1.82) is 5.26 Å². The van der Waals surface area contributed by atoms with E-state index < -0.39 is 17.6 Å². The third-order valence-electron chi connectivity index (χ3n) is 4.47. The number of nitrogens with one attached hydrogen (secondary N) is 1. The molecular formula is C21H15ClF3N3O. The zero-order valence-electron chi connectivity index (χ0n) is 15.4. The Kier molecular flexibility index (Phi) is 5.40. The van der Waals surface area contributed by atoms with E-state index in [1.54, 1.807) is 13.8 Å². The molecule has 2 aromatic carbocycles. The van der Waals surface area contributed by atoms with Crippen molar-refractivity contribution in [2.75, 3.05) is 5.32 Å². The molecule has 8 heteroatoms. The number of nitriles is 1. The second-order valence-corrected chi connectivity index (χ2v) is 6.80. The molecule has 0 saturated heterocycles. The van der Waals surface area contributed by atoms with E-state index in [0.717, 1.165) is 6.07 Å². The van der Waals surface area contributed by atoms with Gasteiger partial charge < -0.3 is 9.88 Å². The zero-order valence-corrected chi connectivity index (χ0v) is 16.2. The monoisotopic (exact) mass is 417 g/mol. The molecule has 0 radical (unpaired) electrons. The number of aryl methyl sites for hydroxylation is 1. The lowest BCUT2D eigenvalue weighted by Crippen LogP contribution is -2.15. The summed E-state index contributed by atoms with van der Waals surface area (Å²) in [5.74, 6) is -0.491. The van der Waals surface area contributed by atoms with Crippen LogP contribution in [-0.2, 0) is 6.18 Å². The predicted octanol–water partition coefficient (Wildman–Crippen LogP) is 5.89. The molecule has 4 nitrogen and oxygen atoms in total. The van der Waals surface area contributed by atoms with Gasteiger partial charge in [0.15, 0.2) is 0 Å². The van der Waals surface area contributed by atoms with E-state index in [-0.39, 0.29) is 21.8 Å². The number of nitrogens with zero attached hydrogens (tertiary/aromatic N) is 2. The topological polar surface area (TPSA) is 57.8 Å².